The molecule has 0 spiro atoms. The predicted molar refractivity (Wildman–Crippen MR) is 180 cm³/mol. The van der Waals surface area contributed by atoms with Gasteiger partial charge in [-0.05, 0) is 68.9 Å². The molecule has 1 fully saturated rings. The van der Waals surface area contributed by atoms with Crippen LogP contribution in [0, 0.1) is 5.92 Å². The van der Waals surface area contributed by atoms with Crippen molar-refractivity contribution in [1.82, 2.24) is 4.98 Å². The molecule has 4 aromatic rings. The standard InChI is InChI=1S/C38H43N3O5/c1-38(2,3)46-35(42)25-28-19-21-40(22-20-28)31-15-10-16-32-36(31)43-24-23-41(32)33-17-18-34(44-26-29-11-6-4-7-12-29)39-37(33)45-27-30-13-8-5-9-14-30/h4-18,28H,19-27H2,1-3H3. The van der Waals surface area contributed by atoms with E-state index in [-0.39, 0.29) is 5.97 Å². The van der Waals surface area contributed by atoms with Crippen molar-refractivity contribution in [2.24, 2.45) is 5.92 Å². The van der Waals surface area contributed by atoms with Crippen molar-refractivity contribution in [2.45, 2.75) is 58.8 Å². The van der Waals surface area contributed by atoms with E-state index in [0.717, 1.165) is 59.9 Å². The minimum atomic E-state index is -0.457. The first-order chi connectivity index (χ1) is 22.3. The molecule has 6 rings (SSSR count). The van der Waals surface area contributed by atoms with Gasteiger partial charge in [0.15, 0.2) is 5.75 Å². The fourth-order valence-corrected chi connectivity index (χ4v) is 5.99. The summed E-state index contributed by atoms with van der Waals surface area (Å²) >= 11 is 0. The fourth-order valence-electron chi connectivity index (χ4n) is 5.99. The molecule has 0 radical (unpaired) electrons. The van der Waals surface area contributed by atoms with Crippen LogP contribution in [0.1, 0.15) is 51.2 Å². The van der Waals surface area contributed by atoms with E-state index in [1.54, 1.807) is 0 Å². The smallest absolute Gasteiger partial charge is 0.306 e. The first-order valence-corrected chi connectivity index (χ1v) is 16.2. The number of para-hydroxylation sites is 1. The van der Waals surface area contributed by atoms with Gasteiger partial charge in [0.1, 0.15) is 31.1 Å². The molecule has 3 heterocycles. The predicted octanol–water partition coefficient (Wildman–Crippen LogP) is 7.72. The Balaban J connectivity index is 1.21. The number of anilines is 3. The van der Waals surface area contributed by atoms with E-state index in [1.807, 2.05) is 93.6 Å². The Morgan fingerprint density at radius 2 is 1.43 bits per heavy atom. The summed E-state index contributed by atoms with van der Waals surface area (Å²) in [4.78, 5) is 21.9. The maximum Gasteiger partial charge on any atom is 0.306 e. The number of benzene rings is 3. The first-order valence-electron chi connectivity index (χ1n) is 16.2. The molecule has 2 aliphatic rings. The van der Waals surface area contributed by atoms with Crippen LogP contribution in [-0.4, -0.2) is 42.8 Å². The summed E-state index contributed by atoms with van der Waals surface area (Å²) in [5, 5.41) is 0. The average molecular weight is 622 g/mol. The number of carbonyl (C=O) groups is 1. The van der Waals surface area contributed by atoms with Crippen LogP contribution in [0.15, 0.2) is 91.0 Å². The molecular weight excluding hydrogens is 578 g/mol. The summed E-state index contributed by atoms with van der Waals surface area (Å²) in [6, 6.07) is 30.4. The normalized spacial score (nSPS) is 15.1. The van der Waals surface area contributed by atoms with E-state index in [1.165, 1.54) is 0 Å². The van der Waals surface area contributed by atoms with Crippen LogP contribution in [0.2, 0.25) is 0 Å². The number of piperidine rings is 1. The molecule has 0 atom stereocenters. The topological polar surface area (TPSA) is 73.4 Å². The summed E-state index contributed by atoms with van der Waals surface area (Å²) in [6.45, 7) is 9.45. The van der Waals surface area contributed by atoms with E-state index in [0.29, 0.717) is 50.5 Å². The molecule has 1 aromatic heterocycles. The summed E-state index contributed by atoms with van der Waals surface area (Å²) in [7, 11) is 0. The lowest BCUT2D eigenvalue weighted by molar-refractivity contribution is -0.156. The van der Waals surface area contributed by atoms with Gasteiger partial charge in [-0.2, -0.15) is 4.98 Å². The molecule has 0 amide bonds. The van der Waals surface area contributed by atoms with Gasteiger partial charge >= 0.3 is 5.97 Å². The second-order valence-electron chi connectivity index (χ2n) is 12.9. The minimum absolute atomic E-state index is 0.114. The van der Waals surface area contributed by atoms with Crippen molar-refractivity contribution >= 4 is 23.0 Å². The van der Waals surface area contributed by atoms with E-state index in [2.05, 4.69) is 28.0 Å². The van der Waals surface area contributed by atoms with Gasteiger partial charge in [-0.25, -0.2) is 0 Å². The SMILES string of the molecule is CC(C)(C)OC(=O)CC1CCN(c2cccc3c2OCCN3c2ccc(OCc3ccccc3)nc2OCc2ccccc2)CC1. The van der Waals surface area contributed by atoms with E-state index >= 15 is 0 Å². The second-order valence-corrected chi connectivity index (χ2v) is 12.9. The van der Waals surface area contributed by atoms with E-state index in [9.17, 15) is 4.79 Å². The number of ether oxygens (including phenoxy) is 4. The van der Waals surface area contributed by atoms with Crippen LogP contribution in [-0.2, 0) is 22.7 Å². The van der Waals surface area contributed by atoms with E-state index in [4.69, 9.17) is 23.9 Å². The highest BCUT2D eigenvalue weighted by molar-refractivity contribution is 5.80. The van der Waals surface area contributed by atoms with Crippen LogP contribution in [0.4, 0.5) is 17.1 Å². The lowest BCUT2D eigenvalue weighted by Crippen LogP contribution is -2.36. The molecule has 46 heavy (non-hydrogen) atoms. The molecule has 8 heteroatoms. The summed E-state index contributed by atoms with van der Waals surface area (Å²) in [6.07, 6.45) is 2.32. The highest BCUT2D eigenvalue weighted by atomic mass is 16.6. The largest absolute Gasteiger partial charge is 0.487 e. The zero-order valence-corrected chi connectivity index (χ0v) is 27.0. The second kappa shape index (κ2) is 14.1. The highest BCUT2D eigenvalue weighted by Crippen LogP contribution is 2.46. The third-order valence-electron chi connectivity index (χ3n) is 8.21. The summed E-state index contributed by atoms with van der Waals surface area (Å²) in [5.74, 6) is 2.08. The highest BCUT2D eigenvalue weighted by Gasteiger charge is 2.30. The van der Waals surface area contributed by atoms with Gasteiger partial charge in [-0.1, -0.05) is 66.7 Å². The van der Waals surface area contributed by atoms with Gasteiger partial charge in [0.25, 0.3) is 0 Å². The molecule has 0 bridgehead atoms. The van der Waals surface area contributed by atoms with Crippen molar-refractivity contribution < 1.29 is 23.7 Å². The Morgan fingerprint density at radius 1 is 0.783 bits per heavy atom. The molecule has 2 aliphatic heterocycles. The minimum Gasteiger partial charge on any atom is -0.487 e. The van der Waals surface area contributed by atoms with Crippen LogP contribution in [0.5, 0.6) is 17.5 Å². The Hall–Kier alpha value is -4.72. The van der Waals surface area contributed by atoms with Crippen molar-refractivity contribution in [3.63, 3.8) is 0 Å². The van der Waals surface area contributed by atoms with Gasteiger partial charge in [0.2, 0.25) is 11.8 Å². The number of hydrogen-bond acceptors (Lipinski definition) is 8. The summed E-state index contributed by atoms with van der Waals surface area (Å²) in [5.41, 5.74) is 4.58. The molecule has 8 nitrogen and oxygen atoms in total. The fraction of sp³-hybridized carbons (Fsp3) is 0.368. The van der Waals surface area contributed by atoms with Crippen LogP contribution >= 0.6 is 0 Å². The monoisotopic (exact) mass is 621 g/mol. The van der Waals surface area contributed by atoms with Gasteiger partial charge in [0, 0.05) is 25.6 Å². The Labute approximate surface area is 271 Å². The molecule has 0 saturated carbocycles. The van der Waals surface area contributed by atoms with Gasteiger partial charge in [-0.3, -0.25) is 4.79 Å². The number of nitrogens with zero attached hydrogens (tertiary/aromatic N) is 3. The molecule has 240 valence electrons. The van der Waals surface area contributed by atoms with E-state index < -0.39 is 5.60 Å². The lowest BCUT2D eigenvalue weighted by Gasteiger charge is -2.38. The first kappa shape index (κ1) is 31.3. The molecule has 3 aromatic carbocycles. The quantitative estimate of drug-likeness (QED) is 0.167. The number of hydrogen-bond donors (Lipinski definition) is 0. The van der Waals surface area contributed by atoms with Crippen molar-refractivity contribution in [1.29, 1.82) is 0 Å². The van der Waals surface area contributed by atoms with Crippen LogP contribution < -0.4 is 24.0 Å². The van der Waals surface area contributed by atoms with Gasteiger partial charge in [0.05, 0.1) is 17.9 Å². The van der Waals surface area contributed by atoms with Crippen molar-refractivity contribution in [3.05, 3.63) is 102 Å². The van der Waals surface area contributed by atoms with Crippen molar-refractivity contribution in [2.75, 3.05) is 36.0 Å². The number of carbonyl (C=O) groups excluding carboxylic acids is 1. The number of rotatable bonds is 10. The molecular formula is C38H43N3O5. The van der Waals surface area contributed by atoms with Crippen molar-refractivity contribution in [3.8, 4) is 17.5 Å². The number of esters is 1. The van der Waals surface area contributed by atoms with Crippen LogP contribution in [0.3, 0.4) is 0 Å². The maximum absolute atomic E-state index is 12.4. The molecule has 0 unspecified atom stereocenters. The lowest BCUT2D eigenvalue weighted by atomic mass is 9.93. The zero-order chi connectivity index (χ0) is 31.9. The third kappa shape index (κ3) is 7.91. The molecule has 0 N–H and O–H groups in total. The Bertz CT molecular complexity index is 1600. The maximum atomic E-state index is 12.4. The Morgan fingerprint density at radius 3 is 2.11 bits per heavy atom. The number of fused-ring (bicyclic) bond motifs is 1. The molecule has 1 saturated heterocycles. The number of aromatic nitrogens is 1. The third-order valence-corrected chi connectivity index (χ3v) is 8.21. The number of pyridine rings is 1. The average Bonchev–Trinajstić information content (AvgIpc) is 3.06. The molecule has 0 aliphatic carbocycles. The van der Waals surface area contributed by atoms with Gasteiger partial charge in [-0.15, -0.1) is 0 Å². The van der Waals surface area contributed by atoms with Crippen LogP contribution in [0.25, 0.3) is 0 Å². The summed E-state index contributed by atoms with van der Waals surface area (Å²) < 4.78 is 24.4. The Kier molecular flexibility index (Phi) is 9.62. The van der Waals surface area contributed by atoms with Gasteiger partial charge < -0.3 is 28.7 Å². The zero-order valence-electron chi connectivity index (χ0n) is 27.0.